The van der Waals surface area contributed by atoms with Gasteiger partial charge in [-0.15, -0.1) is 0 Å². The molecule has 0 aliphatic heterocycles. The van der Waals surface area contributed by atoms with Gasteiger partial charge in [0.1, 0.15) is 11.6 Å². The van der Waals surface area contributed by atoms with E-state index >= 15 is 0 Å². The van der Waals surface area contributed by atoms with Gasteiger partial charge in [0.15, 0.2) is 0 Å². The van der Waals surface area contributed by atoms with Gasteiger partial charge in [0.2, 0.25) is 5.91 Å². The lowest BCUT2D eigenvalue weighted by atomic mass is 10.2. The molecule has 1 amide bonds. The summed E-state index contributed by atoms with van der Waals surface area (Å²) in [6.07, 6.45) is 3.07. The summed E-state index contributed by atoms with van der Waals surface area (Å²) in [5, 5.41) is 2.53. The van der Waals surface area contributed by atoms with Gasteiger partial charge in [0.25, 0.3) is 0 Å². The van der Waals surface area contributed by atoms with E-state index in [1.165, 1.54) is 19.1 Å². The third-order valence-corrected chi connectivity index (χ3v) is 2.45. The van der Waals surface area contributed by atoms with Crippen LogP contribution in [0.1, 0.15) is 12.5 Å². The van der Waals surface area contributed by atoms with Gasteiger partial charge >= 0.3 is 0 Å². The van der Waals surface area contributed by atoms with Crippen molar-refractivity contribution < 1.29 is 13.6 Å². The molecule has 0 unspecified atom stereocenters. The first-order chi connectivity index (χ1) is 7.50. The fourth-order valence-corrected chi connectivity index (χ4v) is 1.63. The van der Waals surface area contributed by atoms with E-state index in [0.717, 1.165) is 6.07 Å². The van der Waals surface area contributed by atoms with Crippen molar-refractivity contribution in [1.29, 1.82) is 0 Å². The van der Waals surface area contributed by atoms with E-state index in [1.807, 2.05) is 0 Å². The van der Waals surface area contributed by atoms with E-state index < -0.39 is 11.6 Å². The molecule has 86 valence electrons. The summed E-state index contributed by atoms with van der Waals surface area (Å²) >= 11 is 3.06. The van der Waals surface area contributed by atoms with Crippen LogP contribution in [0.5, 0.6) is 0 Å². The number of hydrogen-bond donors (Lipinski definition) is 1. The number of nitrogens with one attached hydrogen (secondary N) is 1. The lowest BCUT2D eigenvalue weighted by molar-refractivity contribution is -0.118. The number of carbonyl (C=O) groups is 1. The first kappa shape index (κ1) is 12.8. The van der Waals surface area contributed by atoms with Crippen molar-refractivity contribution in [3.8, 4) is 0 Å². The van der Waals surface area contributed by atoms with Crippen molar-refractivity contribution in [1.82, 2.24) is 5.32 Å². The van der Waals surface area contributed by atoms with Crippen LogP contribution in [0.25, 0.3) is 6.08 Å². The molecule has 0 aliphatic rings. The normalized spacial score (nSPS) is 10.8. The van der Waals surface area contributed by atoms with Gasteiger partial charge in [0, 0.05) is 29.6 Å². The van der Waals surface area contributed by atoms with Crippen molar-refractivity contribution in [2.75, 3.05) is 6.54 Å². The van der Waals surface area contributed by atoms with Gasteiger partial charge < -0.3 is 5.32 Å². The van der Waals surface area contributed by atoms with Crippen LogP contribution in [0.4, 0.5) is 8.78 Å². The van der Waals surface area contributed by atoms with E-state index in [-0.39, 0.29) is 11.5 Å². The Labute approximate surface area is 100 Å². The fraction of sp³-hybridized carbons (Fsp3) is 0.182. The first-order valence-electron chi connectivity index (χ1n) is 4.56. The lowest BCUT2D eigenvalue weighted by Crippen LogP contribution is -2.19. The Morgan fingerprint density at radius 2 is 2.19 bits per heavy atom. The molecule has 0 bridgehead atoms. The predicted molar refractivity (Wildman–Crippen MR) is 61.8 cm³/mol. The highest BCUT2D eigenvalue weighted by Crippen LogP contribution is 2.22. The molecule has 0 aliphatic carbocycles. The molecule has 0 radical (unpaired) electrons. The highest BCUT2D eigenvalue weighted by Gasteiger charge is 2.06. The Balaban J connectivity index is 2.77. The van der Waals surface area contributed by atoms with Gasteiger partial charge in [-0.3, -0.25) is 4.79 Å². The quantitative estimate of drug-likeness (QED) is 0.911. The molecule has 5 heteroatoms. The van der Waals surface area contributed by atoms with Crippen LogP contribution in [0.15, 0.2) is 22.7 Å². The SMILES string of the molecule is CC(=O)NCC=Cc1c(F)cc(F)cc1Br. The van der Waals surface area contributed by atoms with E-state index in [9.17, 15) is 13.6 Å². The summed E-state index contributed by atoms with van der Waals surface area (Å²) in [5.74, 6) is -1.45. The maximum atomic E-state index is 13.3. The molecule has 1 aromatic rings. The average Bonchev–Trinajstić information content (AvgIpc) is 2.14. The Hall–Kier alpha value is -1.23. The highest BCUT2D eigenvalue weighted by atomic mass is 79.9. The largest absolute Gasteiger partial charge is 0.353 e. The number of benzene rings is 1. The summed E-state index contributed by atoms with van der Waals surface area (Å²) in [5.41, 5.74) is 0.256. The second kappa shape index (κ2) is 5.75. The molecular weight excluding hydrogens is 280 g/mol. The van der Waals surface area contributed by atoms with Gasteiger partial charge in [-0.25, -0.2) is 8.78 Å². The lowest BCUT2D eigenvalue weighted by Gasteiger charge is -2.01. The molecule has 0 spiro atoms. The zero-order valence-corrected chi connectivity index (χ0v) is 10.1. The van der Waals surface area contributed by atoms with Crippen LogP contribution in [-0.4, -0.2) is 12.5 Å². The van der Waals surface area contributed by atoms with Crippen molar-refractivity contribution in [3.05, 3.63) is 39.9 Å². The van der Waals surface area contributed by atoms with Crippen LogP contribution < -0.4 is 5.32 Å². The Kier molecular flexibility index (Phi) is 4.61. The van der Waals surface area contributed by atoms with Crippen molar-refractivity contribution in [2.45, 2.75) is 6.92 Å². The van der Waals surface area contributed by atoms with Gasteiger partial charge in [-0.05, 0) is 22.0 Å². The number of hydrogen-bond acceptors (Lipinski definition) is 1. The second-order valence-corrected chi connectivity index (χ2v) is 3.98. The van der Waals surface area contributed by atoms with Gasteiger partial charge in [0.05, 0.1) is 0 Å². The molecule has 2 nitrogen and oxygen atoms in total. The third kappa shape index (κ3) is 3.73. The van der Waals surface area contributed by atoms with Gasteiger partial charge in [-0.1, -0.05) is 12.2 Å². The zero-order valence-electron chi connectivity index (χ0n) is 8.56. The maximum absolute atomic E-state index is 13.3. The maximum Gasteiger partial charge on any atom is 0.217 e. The Bertz CT molecular complexity index is 409. The number of rotatable bonds is 3. The second-order valence-electron chi connectivity index (χ2n) is 3.12. The average molecular weight is 290 g/mol. The van der Waals surface area contributed by atoms with Gasteiger partial charge in [-0.2, -0.15) is 0 Å². The Morgan fingerprint density at radius 1 is 1.50 bits per heavy atom. The molecule has 0 saturated heterocycles. The molecule has 0 atom stereocenters. The minimum absolute atomic E-state index is 0.164. The topological polar surface area (TPSA) is 29.1 Å². The molecule has 0 aromatic heterocycles. The van der Waals surface area contributed by atoms with Crippen molar-refractivity contribution >= 4 is 27.9 Å². The summed E-state index contributed by atoms with van der Waals surface area (Å²) in [6, 6.07) is 1.99. The zero-order chi connectivity index (χ0) is 12.1. The number of halogens is 3. The van der Waals surface area contributed by atoms with E-state index in [1.54, 1.807) is 6.08 Å². The first-order valence-corrected chi connectivity index (χ1v) is 5.35. The summed E-state index contributed by atoms with van der Waals surface area (Å²) in [6.45, 7) is 1.70. The van der Waals surface area contributed by atoms with Crippen LogP contribution in [0.3, 0.4) is 0 Å². The number of amides is 1. The van der Waals surface area contributed by atoms with Crippen molar-refractivity contribution in [3.63, 3.8) is 0 Å². The number of carbonyl (C=O) groups excluding carboxylic acids is 1. The van der Waals surface area contributed by atoms with E-state index in [2.05, 4.69) is 21.2 Å². The van der Waals surface area contributed by atoms with Crippen LogP contribution in [0.2, 0.25) is 0 Å². The minimum atomic E-state index is -0.647. The molecular formula is C11H10BrF2NO. The van der Waals surface area contributed by atoms with E-state index in [0.29, 0.717) is 11.0 Å². The standard InChI is InChI=1S/C11H10BrF2NO/c1-7(16)15-4-2-3-9-10(12)5-8(13)6-11(9)14/h2-3,5-6H,4H2,1H3,(H,15,16). The smallest absolute Gasteiger partial charge is 0.217 e. The van der Waals surface area contributed by atoms with Crippen LogP contribution in [0, 0.1) is 11.6 Å². The fourth-order valence-electron chi connectivity index (χ4n) is 1.09. The third-order valence-electron chi connectivity index (χ3n) is 1.80. The minimum Gasteiger partial charge on any atom is -0.353 e. The summed E-state index contributed by atoms with van der Waals surface area (Å²) in [4.78, 5) is 10.6. The molecule has 0 heterocycles. The molecule has 1 aromatic carbocycles. The molecule has 16 heavy (non-hydrogen) atoms. The molecule has 1 N–H and O–H groups in total. The monoisotopic (exact) mass is 289 g/mol. The Morgan fingerprint density at radius 3 is 2.75 bits per heavy atom. The van der Waals surface area contributed by atoms with Crippen LogP contribution >= 0.6 is 15.9 Å². The van der Waals surface area contributed by atoms with E-state index in [4.69, 9.17) is 0 Å². The predicted octanol–water partition coefficient (Wildman–Crippen LogP) is 2.88. The highest BCUT2D eigenvalue weighted by molar-refractivity contribution is 9.10. The van der Waals surface area contributed by atoms with Crippen LogP contribution in [-0.2, 0) is 4.79 Å². The summed E-state index contributed by atoms with van der Waals surface area (Å²) in [7, 11) is 0. The molecule has 0 fully saturated rings. The molecule has 0 saturated carbocycles. The summed E-state index contributed by atoms with van der Waals surface area (Å²) < 4.78 is 26.4. The molecule has 1 rings (SSSR count). The van der Waals surface area contributed by atoms with Crippen molar-refractivity contribution in [2.24, 2.45) is 0 Å².